The molecule has 104 valence electrons. The first-order valence-electron chi connectivity index (χ1n) is 6.25. The summed E-state index contributed by atoms with van der Waals surface area (Å²) < 4.78 is 29.2. The van der Waals surface area contributed by atoms with E-state index in [-0.39, 0.29) is 6.04 Å². The van der Waals surface area contributed by atoms with Crippen LogP contribution in [0.1, 0.15) is 16.5 Å². The molecular weight excluding hydrogens is 296 g/mol. The molecule has 0 aliphatic carbocycles. The van der Waals surface area contributed by atoms with Gasteiger partial charge in [0.2, 0.25) is 0 Å². The van der Waals surface area contributed by atoms with Gasteiger partial charge in [-0.1, -0.05) is 6.07 Å². The normalized spacial score (nSPS) is 12.9. The number of benzene rings is 1. The quantitative estimate of drug-likeness (QED) is 0.733. The number of hydrogen-bond acceptors (Lipinski definition) is 3. The summed E-state index contributed by atoms with van der Waals surface area (Å²) in [4.78, 5) is 1.18. The van der Waals surface area contributed by atoms with Gasteiger partial charge < -0.3 is 5.32 Å². The molecule has 1 atom stereocenters. The molecule has 0 fully saturated rings. The van der Waals surface area contributed by atoms with E-state index < -0.39 is 11.6 Å². The Hall–Kier alpha value is -1.30. The van der Waals surface area contributed by atoms with Crippen molar-refractivity contribution in [3.63, 3.8) is 0 Å². The highest BCUT2D eigenvalue weighted by Gasteiger charge is 2.16. The summed E-state index contributed by atoms with van der Waals surface area (Å²) in [5.74, 6) is -1.02. The number of rotatable bonds is 4. The lowest BCUT2D eigenvalue weighted by molar-refractivity contribution is 0.544. The molecule has 1 aromatic carbocycles. The monoisotopic (exact) mass is 309 g/mol. The molecule has 1 nitrogen and oxygen atoms in total. The van der Waals surface area contributed by atoms with E-state index in [2.05, 4.69) is 22.8 Å². The summed E-state index contributed by atoms with van der Waals surface area (Å²) in [7, 11) is 1.86. The topological polar surface area (TPSA) is 12.0 Å². The minimum absolute atomic E-state index is 0.0413. The van der Waals surface area contributed by atoms with Gasteiger partial charge in [0.25, 0.3) is 0 Å². The molecule has 3 rings (SSSR count). The van der Waals surface area contributed by atoms with Crippen LogP contribution in [-0.2, 0) is 6.42 Å². The van der Waals surface area contributed by atoms with Crippen LogP contribution in [0, 0.1) is 11.6 Å². The van der Waals surface area contributed by atoms with Gasteiger partial charge in [-0.05, 0) is 42.6 Å². The minimum atomic E-state index is -0.538. The minimum Gasteiger partial charge on any atom is -0.312 e. The van der Waals surface area contributed by atoms with Crippen molar-refractivity contribution >= 4 is 32.1 Å². The summed E-state index contributed by atoms with van der Waals surface area (Å²) in [5.41, 5.74) is 0.530. The third-order valence-corrected chi connectivity index (χ3v) is 5.50. The Morgan fingerprint density at radius 3 is 2.70 bits per heavy atom. The lowest BCUT2D eigenvalue weighted by atomic mass is 10.0. The highest BCUT2D eigenvalue weighted by molar-refractivity contribution is 7.26. The molecule has 0 saturated carbocycles. The predicted molar refractivity (Wildman–Crippen MR) is 81.6 cm³/mol. The van der Waals surface area contributed by atoms with Crippen molar-refractivity contribution in [3.05, 3.63) is 57.8 Å². The number of thiophene rings is 2. The van der Waals surface area contributed by atoms with Crippen LogP contribution in [0.4, 0.5) is 8.78 Å². The number of nitrogens with one attached hydrogen (secondary N) is 1. The first kappa shape index (κ1) is 13.7. The number of fused-ring (bicyclic) bond motifs is 1. The Bertz CT molecular complexity index is 704. The second-order valence-electron chi connectivity index (χ2n) is 4.58. The Balaban J connectivity index is 1.88. The van der Waals surface area contributed by atoms with E-state index in [1.165, 1.54) is 26.4 Å². The van der Waals surface area contributed by atoms with Crippen LogP contribution in [0.5, 0.6) is 0 Å². The van der Waals surface area contributed by atoms with E-state index in [1.807, 2.05) is 7.05 Å². The van der Waals surface area contributed by atoms with Crippen molar-refractivity contribution in [2.45, 2.75) is 12.5 Å². The second-order valence-corrected chi connectivity index (χ2v) is 6.64. The Morgan fingerprint density at radius 1 is 1.15 bits per heavy atom. The number of hydrogen-bond donors (Lipinski definition) is 1. The van der Waals surface area contributed by atoms with E-state index in [0.29, 0.717) is 12.0 Å². The molecule has 1 unspecified atom stereocenters. The van der Waals surface area contributed by atoms with Crippen molar-refractivity contribution in [3.8, 4) is 0 Å². The summed E-state index contributed by atoms with van der Waals surface area (Å²) in [5, 5.41) is 5.28. The van der Waals surface area contributed by atoms with Crippen molar-refractivity contribution < 1.29 is 8.78 Å². The van der Waals surface area contributed by atoms with Gasteiger partial charge in [0.15, 0.2) is 0 Å². The number of likely N-dealkylation sites (N-methyl/N-ethyl adjacent to an activating group) is 1. The molecule has 20 heavy (non-hydrogen) atoms. The number of halogens is 2. The van der Waals surface area contributed by atoms with Crippen LogP contribution in [0.15, 0.2) is 35.7 Å². The van der Waals surface area contributed by atoms with Crippen LogP contribution < -0.4 is 5.32 Å². The summed E-state index contributed by atoms with van der Waals surface area (Å²) in [6, 6.07) is 8.05. The molecule has 3 aromatic rings. The first-order chi connectivity index (χ1) is 9.67. The van der Waals surface area contributed by atoms with E-state index in [4.69, 9.17) is 0 Å². The van der Waals surface area contributed by atoms with E-state index in [1.54, 1.807) is 22.7 Å². The molecule has 0 saturated heterocycles. The molecule has 2 aromatic heterocycles. The van der Waals surface area contributed by atoms with Crippen molar-refractivity contribution in [1.29, 1.82) is 0 Å². The molecule has 5 heteroatoms. The maximum Gasteiger partial charge on any atom is 0.129 e. The van der Waals surface area contributed by atoms with E-state index in [9.17, 15) is 8.78 Å². The zero-order valence-corrected chi connectivity index (χ0v) is 12.5. The van der Waals surface area contributed by atoms with Gasteiger partial charge in [0, 0.05) is 26.4 Å². The summed E-state index contributed by atoms with van der Waals surface area (Å²) in [6.45, 7) is 0. The van der Waals surface area contributed by atoms with Crippen LogP contribution in [-0.4, -0.2) is 7.05 Å². The van der Waals surface area contributed by atoms with E-state index in [0.717, 1.165) is 6.07 Å². The molecule has 0 aliphatic rings. The zero-order valence-electron chi connectivity index (χ0n) is 10.8. The molecule has 0 amide bonds. The Morgan fingerprint density at radius 2 is 2.00 bits per heavy atom. The van der Waals surface area contributed by atoms with Gasteiger partial charge in [-0.3, -0.25) is 0 Å². The van der Waals surface area contributed by atoms with Crippen LogP contribution in [0.25, 0.3) is 9.40 Å². The lowest BCUT2D eigenvalue weighted by Gasteiger charge is -2.15. The standard InChI is InChI=1S/C15H13F2NS2/c1-18-12(6-9-2-3-10(16)7-11(9)17)14-8-15-13(20-14)4-5-19-15/h2-5,7-8,12,18H,6H2,1H3. The SMILES string of the molecule is CNC(Cc1ccc(F)cc1F)c1cc2sccc2s1. The molecule has 0 radical (unpaired) electrons. The predicted octanol–water partition coefficient (Wildman–Crippen LogP) is 4.74. The second kappa shape index (κ2) is 5.60. The Kier molecular flexibility index (Phi) is 3.83. The van der Waals surface area contributed by atoms with Gasteiger partial charge in [0.1, 0.15) is 11.6 Å². The fourth-order valence-electron chi connectivity index (χ4n) is 2.21. The smallest absolute Gasteiger partial charge is 0.129 e. The molecule has 1 N–H and O–H groups in total. The Labute approximate surface area is 123 Å². The van der Waals surface area contributed by atoms with Gasteiger partial charge >= 0.3 is 0 Å². The van der Waals surface area contributed by atoms with Gasteiger partial charge in [-0.15, -0.1) is 22.7 Å². The third kappa shape index (κ3) is 2.61. The van der Waals surface area contributed by atoms with Crippen LogP contribution in [0.3, 0.4) is 0 Å². The van der Waals surface area contributed by atoms with Crippen LogP contribution >= 0.6 is 22.7 Å². The fourth-order valence-corrected chi connectivity index (χ4v) is 4.44. The largest absolute Gasteiger partial charge is 0.312 e. The fraction of sp³-hybridized carbons (Fsp3) is 0.200. The average Bonchev–Trinajstić information content (AvgIpc) is 2.98. The molecule has 0 bridgehead atoms. The highest BCUT2D eigenvalue weighted by Crippen LogP contribution is 2.34. The molecule has 0 aliphatic heterocycles. The lowest BCUT2D eigenvalue weighted by Crippen LogP contribution is -2.18. The molecule has 0 spiro atoms. The zero-order chi connectivity index (χ0) is 14.1. The van der Waals surface area contributed by atoms with Crippen molar-refractivity contribution in [2.75, 3.05) is 7.05 Å². The third-order valence-electron chi connectivity index (χ3n) is 3.29. The maximum absolute atomic E-state index is 13.7. The molecular formula is C15H13F2NS2. The summed E-state index contributed by atoms with van der Waals surface area (Å²) in [6.07, 6.45) is 0.510. The van der Waals surface area contributed by atoms with Gasteiger partial charge in [-0.2, -0.15) is 0 Å². The maximum atomic E-state index is 13.7. The van der Waals surface area contributed by atoms with Gasteiger partial charge in [0.05, 0.1) is 0 Å². The van der Waals surface area contributed by atoms with Crippen molar-refractivity contribution in [2.24, 2.45) is 0 Å². The van der Waals surface area contributed by atoms with Crippen LogP contribution in [0.2, 0.25) is 0 Å². The first-order valence-corrected chi connectivity index (χ1v) is 7.95. The highest BCUT2D eigenvalue weighted by atomic mass is 32.1. The molecule has 2 heterocycles. The average molecular weight is 309 g/mol. The van der Waals surface area contributed by atoms with E-state index >= 15 is 0 Å². The summed E-state index contributed by atoms with van der Waals surface area (Å²) >= 11 is 3.42. The van der Waals surface area contributed by atoms with Crippen molar-refractivity contribution in [1.82, 2.24) is 5.32 Å². The van der Waals surface area contributed by atoms with Gasteiger partial charge in [-0.25, -0.2) is 8.78 Å².